The van der Waals surface area contributed by atoms with Gasteiger partial charge in [0.15, 0.2) is 0 Å². The summed E-state index contributed by atoms with van der Waals surface area (Å²) >= 11 is 0. The van der Waals surface area contributed by atoms with Crippen molar-refractivity contribution in [2.45, 2.75) is 48.0 Å². The fourth-order valence-electron chi connectivity index (χ4n) is 1.93. The van der Waals surface area contributed by atoms with Gasteiger partial charge in [-0.15, -0.1) is 0 Å². The molecule has 1 aromatic heterocycles. The molecule has 0 fully saturated rings. The fourth-order valence-corrected chi connectivity index (χ4v) is 1.93. The average Bonchev–Trinajstić information content (AvgIpc) is 2.63. The standard InChI is InChI=1S/C16H18N2O.2C2H6/c1-4-12(2)11-15(17-3)18-10-9-13-7-5-6-8-14(13)16(18)19;2*1-2/h5-11H,4H2,1-3H3;2*1-2H3/b12-11-,17-15?;;. The van der Waals surface area contributed by atoms with E-state index in [0.717, 1.165) is 11.8 Å². The molecule has 3 heteroatoms. The van der Waals surface area contributed by atoms with Crippen molar-refractivity contribution in [1.82, 2.24) is 4.57 Å². The normalized spacial score (nSPS) is 11.3. The molecule has 0 unspecified atom stereocenters. The van der Waals surface area contributed by atoms with Gasteiger partial charge in [0.1, 0.15) is 5.84 Å². The molecule has 0 aliphatic rings. The van der Waals surface area contributed by atoms with Gasteiger partial charge in [0, 0.05) is 18.6 Å². The van der Waals surface area contributed by atoms with Gasteiger partial charge in [-0.05, 0) is 36.9 Å². The summed E-state index contributed by atoms with van der Waals surface area (Å²) in [5.41, 5.74) is 1.17. The highest BCUT2D eigenvalue weighted by Crippen LogP contribution is 2.08. The molecule has 2 rings (SSSR count). The Hall–Kier alpha value is -2.16. The van der Waals surface area contributed by atoms with E-state index in [1.165, 1.54) is 5.57 Å². The molecule has 2 aromatic rings. The predicted octanol–water partition coefficient (Wildman–Crippen LogP) is 5.29. The topological polar surface area (TPSA) is 34.4 Å². The van der Waals surface area contributed by atoms with Crippen molar-refractivity contribution in [3.05, 3.63) is 58.5 Å². The van der Waals surface area contributed by atoms with Crippen molar-refractivity contribution in [2.24, 2.45) is 4.99 Å². The lowest BCUT2D eigenvalue weighted by atomic mass is 10.1. The minimum Gasteiger partial charge on any atom is -0.271 e. The molecular formula is C20H30N2O. The number of fused-ring (bicyclic) bond motifs is 1. The lowest BCUT2D eigenvalue weighted by molar-refractivity contribution is 1.05. The summed E-state index contributed by atoms with van der Waals surface area (Å²) in [7, 11) is 1.70. The minimum absolute atomic E-state index is 0.0288. The molecular weight excluding hydrogens is 284 g/mol. The first-order valence-electron chi connectivity index (χ1n) is 8.42. The molecule has 3 nitrogen and oxygen atoms in total. The molecule has 0 saturated heterocycles. The molecule has 0 N–H and O–H groups in total. The van der Waals surface area contributed by atoms with Crippen molar-refractivity contribution in [1.29, 1.82) is 0 Å². The number of aliphatic imine (C=N–C) groups is 1. The van der Waals surface area contributed by atoms with E-state index in [0.29, 0.717) is 11.2 Å². The van der Waals surface area contributed by atoms with Gasteiger partial charge in [0.25, 0.3) is 5.56 Å². The van der Waals surface area contributed by atoms with Crippen LogP contribution in [0.2, 0.25) is 0 Å². The van der Waals surface area contributed by atoms with Gasteiger partial charge in [-0.2, -0.15) is 0 Å². The molecule has 1 aromatic carbocycles. The van der Waals surface area contributed by atoms with Crippen LogP contribution < -0.4 is 5.56 Å². The Kier molecular flexibility index (Phi) is 10.3. The number of rotatable bonds is 2. The van der Waals surface area contributed by atoms with Gasteiger partial charge >= 0.3 is 0 Å². The number of aromatic nitrogens is 1. The van der Waals surface area contributed by atoms with Gasteiger partial charge in [-0.3, -0.25) is 14.4 Å². The third kappa shape index (κ3) is 5.51. The Morgan fingerprint density at radius 2 is 1.74 bits per heavy atom. The van der Waals surface area contributed by atoms with Crippen molar-refractivity contribution in [3.63, 3.8) is 0 Å². The number of benzene rings is 1. The van der Waals surface area contributed by atoms with E-state index < -0.39 is 0 Å². The van der Waals surface area contributed by atoms with E-state index in [9.17, 15) is 4.79 Å². The number of nitrogens with zero attached hydrogens (tertiary/aromatic N) is 2. The highest BCUT2D eigenvalue weighted by molar-refractivity contribution is 5.96. The van der Waals surface area contributed by atoms with Crippen LogP contribution in [0.3, 0.4) is 0 Å². The van der Waals surface area contributed by atoms with E-state index in [2.05, 4.69) is 11.9 Å². The second kappa shape index (κ2) is 11.4. The quantitative estimate of drug-likeness (QED) is 0.548. The second-order valence-corrected chi connectivity index (χ2v) is 4.50. The summed E-state index contributed by atoms with van der Waals surface area (Å²) in [6.45, 7) is 12.1. The van der Waals surface area contributed by atoms with Gasteiger partial charge in [-0.1, -0.05) is 58.4 Å². The average molecular weight is 314 g/mol. The summed E-state index contributed by atoms with van der Waals surface area (Å²) in [5, 5.41) is 1.67. The maximum Gasteiger partial charge on any atom is 0.264 e. The molecule has 1 heterocycles. The smallest absolute Gasteiger partial charge is 0.264 e. The van der Waals surface area contributed by atoms with Crippen LogP contribution in [0.4, 0.5) is 0 Å². The molecule has 126 valence electrons. The van der Waals surface area contributed by atoms with Crippen molar-refractivity contribution in [2.75, 3.05) is 7.05 Å². The zero-order valence-electron chi connectivity index (χ0n) is 15.6. The Morgan fingerprint density at radius 1 is 1.13 bits per heavy atom. The van der Waals surface area contributed by atoms with E-state index >= 15 is 0 Å². The SMILES string of the molecule is CC.CC.CC/C(C)=C\C(=NC)n1ccc2ccccc2c1=O. The Bertz CT molecular complexity index is 709. The largest absolute Gasteiger partial charge is 0.271 e. The van der Waals surface area contributed by atoms with Crippen LogP contribution in [-0.4, -0.2) is 17.5 Å². The van der Waals surface area contributed by atoms with Gasteiger partial charge in [-0.25, -0.2) is 0 Å². The highest BCUT2D eigenvalue weighted by Gasteiger charge is 2.05. The Balaban J connectivity index is 0.00000112. The van der Waals surface area contributed by atoms with Crippen LogP contribution in [-0.2, 0) is 0 Å². The third-order valence-electron chi connectivity index (χ3n) is 3.22. The molecule has 0 bridgehead atoms. The van der Waals surface area contributed by atoms with E-state index in [-0.39, 0.29) is 5.56 Å². The van der Waals surface area contributed by atoms with E-state index in [4.69, 9.17) is 0 Å². The first-order valence-corrected chi connectivity index (χ1v) is 8.42. The summed E-state index contributed by atoms with van der Waals surface area (Å²) < 4.78 is 1.60. The van der Waals surface area contributed by atoms with E-state index in [1.807, 2.05) is 71.0 Å². The van der Waals surface area contributed by atoms with Crippen LogP contribution >= 0.6 is 0 Å². The summed E-state index contributed by atoms with van der Waals surface area (Å²) in [6, 6.07) is 9.54. The van der Waals surface area contributed by atoms with Crippen molar-refractivity contribution < 1.29 is 0 Å². The fraction of sp³-hybridized carbons (Fsp3) is 0.400. The molecule has 0 saturated carbocycles. The maximum absolute atomic E-state index is 12.5. The van der Waals surface area contributed by atoms with Crippen LogP contribution in [0.5, 0.6) is 0 Å². The van der Waals surface area contributed by atoms with Crippen LogP contribution in [0.1, 0.15) is 48.0 Å². The number of hydrogen-bond donors (Lipinski definition) is 0. The molecule has 0 spiro atoms. The number of pyridine rings is 1. The molecule has 0 aliphatic heterocycles. The molecule has 23 heavy (non-hydrogen) atoms. The Labute approximate surface area is 140 Å². The molecule has 0 amide bonds. The highest BCUT2D eigenvalue weighted by atomic mass is 16.1. The zero-order chi connectivity index (χ0) is 17.8. The monoisotopic (exact) mass is 314 g/mol. The Morgan fingerprint density at radius 3 is 2.30 bits per heavy atom. The van der Waals surface area contributed by atoms with E-state index in [1.54, 1.807) is 17.8 Å². The predicted molar refractivity (Wildman–Crippen MR) is 104 cm³/mol. The van der Waals surface area contributed by atoms with Gasteiger partial charge < -0.3 is 0 Å². The number of allylic oxidation sites excluding steroid dienone is 2. The molecule has 0 atom stereocenters. The molecule has 0 aliphatic carbocycles. The van der Waals surface area contributed by atoms with Crippen molar-refractivity contribution in [3.8, 4) is 0 Å². The van der Waals surface area contributed by atoms with Crippen LogP contribution in [0.25, 0.3) is 10.8 Å². The second-order valence-electron chi connectivity index (χ2n) is 4.50. The van der Waals surface area contributed by atoms with Crippen LogP contribution in [0, 0.1) is 0 Å². The summed E-state index contributed by atoms with van der Waals surface area (Å²) in [5.74, 6) is 0.676. The number of hydrogen-bond acceptors (Lipinski definition) is 2. The third-order valence-corrected chi connectivity index (χ3v) is 3.22. The summed E-state index contributed by atoms with van der Waals surface area (Å²) in [4.78, 5) is 16.7. The maximum atomic E-state index is 12.5. The minimum atomic E-state index is -0.0288. The first kappa shape index (κ1) is 20.8. The zero-order valence-corrected chi connectivity index (χ0v) is 15.6. The van der Waals surface area contributed by atoms with Crippen molar-refractivity contribution >= 4 is 16.6 Å². The van der Waals surface area contributed by atoms with Gasteiger partial charge in [0.05, 0.1) is 0 Å². The van der Waals surface area contributed by atoms with Crippen LogP contribution in [0.15, 0.2) is 58.0 Å². The molecule has 0 radical (unpaired) electrons. The lowest BCUT2D eigenvalue weighted by Crippen LogP contribution is -2.25. The lowest BCUT2D eigenvalue weighted by Gasteiger charge is -2.07. The van der Waals surface area contributed by atoms with Gasteiger partial charge in [0.2, 0.25) is 0 Å². The summed E-state index contributed by atoms with van der Waals surface area (Å²) in [6.07, 6.45) is 4.68. The first-order chi connectivity index (χ1) is 11.2.